The Morgan fingerprint density at radius 2 is 1.90 bits per heavy atom. The predicted molar refractivity (Wildman–Crippen MR) is 77.3 cm³/mol. The molecule has 5 heteroatoms. The second-order valence-corrected chi connectivity index (χ2v) is 5.97. The summed E-state index contributed by atoms with van der Waals surface area (Å²) >= 11 is 0. The average Bonchev–Trinajstić information content (AvgIpc) is 3.33. The minimum atomic E-state index is 0.331. The molecule has 1 aromatic rings. The van der Waals surface area contributed by atoms with E-state index in [1.807, 2.05) is 18.0 Å². The van der Waals surface area contributed by atoms with E-state index in [0.717, 1.165) is 51.3 Å². The molecule has 1 aliphatic carbocycles. The van der Waals surface area contributed by atoms with Gasteiger partial charge in [0.15, 0.2) is 0 Å². The van der Waals surface area contributed by atoms with Gasteiger partial charge in [-0.2, -0.15) is 0 Å². The highest BCUT2D eigenvalue weighted by Gasteiger charge is 2.33. The lowest BCUT2D eigenvalue weighted by Gasteiger charge is -2.33. The van der Waals surface area contributed by atoms with Crippen LogP contribution in [0.1, 0.15) is 25.7 Å². The van der Waals surface area contributed by atoms with Crippen LogP contribution < -0.4 is 4.90 Å². The number of anilines is 1. The lowest BCUT2D eigenvalue weighted by atomic mass is 9.96. The van der Waals surface area contributed by atoms with Crippen molar-refractivity contribution >= 4 is 11.9 Å². The summed E-state index contributed by atoms with van der Waals surface area (Å²) in [5.74, 6) is 2.12. The number of piperidine rings is 1. The third-order valence-corrected chi connectivity index (χ3v) is 4.28. The highest BCUT2D eigenvalue weighted by Crippen LogP contribution is 2.31. The fraction of sp³-hybridized carbons (Fsp3) is 0.667. The van der Waals surface area contributed by atoms with Crippen LogP contribution in [0.4, 0.5) is 5.95 Å². The van der Waals surface area contributed by atoms with E-state index < -0.39 is 0 Å². The van der Waals surface area contributed by atoms with Crippen molar-refractivity contribution in [1.29, 1.82) is 0 Å². The topological polar surface area (TPSA) is 49.3 Å². The van der Waals surface area contributed by atoms with Crippen molar-refractivity contribution in [2.75, 3.05) is 31.6 Å². The Labute approximate surface area is 120 Å². The predicted octanol–water partition coefficient (Wildman–Crippen LogP) is 1.56. The minimum Gasteiger partial charge on any atom is -0.345 e. The molecule has 0 aromatic carbocycles. The Morgan fingerprint density at radius 3 is 2.50 bits per heavy atom. The van der Waals surface area contributed by atoms with E-state index in [4.69, 9.17) is 0 Å². The van der Waals surface area contributed by atoms with Crippen molar-refractivity contribution in [1.82, 2.24) is 14.9 Å². The van der Waals surface area contributed by atoms with Gasteiger partial charge in [0, 0.05) is 45.0 Å². The molecule has 1 amide bonds. The summed E-state index contributed by atoms with van der Waals surface area (Å²) in [5, 5.41) is 0. The van der Waals surface area contributed by atoms with Gasteiger partial charge in [-0.15, -0.1) is 0 Å². The number of aromatic nitrogens is 2. The van der Waals surface area contributed by atoms with E-state index >= 15 is 0 Å². The number of amides is 1. The van der Waals surface area contributed by atoms with Gasteiger partial charge in [0.1, 0.15) is 0 Å². The molecule has 1 aromatic heterocycles. The maximum atomic E-state index is 12.0. The van der Waals surface area contributed by atoms with Crippen molar-refractivity contribution in [2.45, 2.75) is 25.7 Å². The van der Waals surface area contributed by atoms with Gasteiger partial charge < -0.3 is 9.80 Å². The molecular formula is C15H22N4O. The summed E-state index contributed by atoms with van der Waals surface area (Å²) in [6.07, 6.45) is 7.98. The Balaban J connectivity index is 1.47. The molecule has 1 saturated carbocycles. The van der Waals surface area contributed by atoms with Crippen LogP contribution in [-0.2, 0) is 4.79 Å². The molecule has 1 saturated heterocycles. The first kappa shape index (κ1) is 13.3. The van der Waals surface area contributed by atoms with E-state index in [2.05, 4.69) is 14.9 Å². The minimum absolute atomic E-state index is 0.331. The van der Waals surface area contributed by atoms with Crippen molar-refractivity contribution in [3.05, 3.63) is 18.5 Å². The number of nitrogens with zero attached hydrogens (tertiary/aromatic N) is 4. The van der Waals surface area contributed by atoms with Crippen LogP contribution in [-0.4, -0.2) is 47.5 Å². The van der Waals surface area contributed by atoms with Crippen LogP contribution in [0.3, 0.4) is 0 Å². The van der Waals surface area contributed by atoms with Crippen molar-refractivity contribution in [3.63, 3.8) is 0 Å². The Morgan fingerprint density at radius 1 is 1.25 bits per heavy atom. The van der Waals surface area contributed by atoms with E-state index in [0.29, 0.717) is 17.7 Å². The van der Waals surface area contributed by atoms with Crippen LogP contribution in [0.25, 0.3) is 0 Å². The Kier molecular flexibility index (Phi) is 3.85. The first-order valence-electron chi connectivity index (χ1n) is 7.51. The van der Waals surface area contributed by atoms with Crippen LogP contribution >= 0.6 is 0 Å². The number of rotatable bonds is 4. The summed E-state index contributed by atoms with van der Waals surface area (Å²) in [6.45, 7) is 2.87. The SMILES string of the molecule is CN(CC1CCN(c2ncccn2)CC1)C(=O)C1CC1. The molecule has 1 aliphatic heterocycles. The third-order valence-electron chi connectivity index (χ3n) is 4.28. The van der Waals surface area contributed by atoms with Gasteiger partial charge in [0.25, 0.3) is 0 Å². The molecular weight excluding hydrogens is 252 g/mol. The average molecular weight is 274 g/mol. The number of carbonyl (C=O) groups excluding carboxylic acids is 1. The standard InChI is InChI=1S/C15H22N4O/c1-18(14(20)13-3-4-13)11-12-5-9-19(10-6-12)15-16-7-2-8-17-15/h2,7-8,12-13H,3-6,9-11H2,1H3. The van der Waals surface area contributed by atoms with Crippen LogP contribution in [0.2, 0.25) is 0 Å². The summed E-state index contributed by atoms with van der Waals surface area (Å²) in [7, 11) is 1.95. The summed E-state index contributed by atoms with van der Waals surface area (Å²) in [6, 6.07) is 1.84. The van der Waals surface area contributed by atoms with Crippen LogP contribution in [0.15, 0.2) is 18.5 Å². The van der Waals surface area contributed by atoms with Gasteiger partial charge in [-0.3, -0.25) is 4.79 Å². The zero-order valence-electron chi connectivity index (χ0n) is 12.0. The molecule has 20 heavy (non-hydrogen) atoms. The van der Waals surface area contributed by atoms with Gasteiger partial charge in [0.2, 0.25) is 11.9 Å². The molecule has 5 nitrogen and oxygen atoms in total. The normalized spacial score (nSPS) is 19.9. The number of hydrogen-bond donors (Lipinski definition) is 0. The van der Waals surface area contributed by atoms with Crippen molar-refractivity contribution in [2.24, 2.45) is 11.8 Å². The first-order valence-corrected chi connectivity index (χ1v) is 7.51. The summed E-state index contributed by atoms with van der Waals surface area (Å²) < 4.78 is 0. The van der Waals surface area contributed by atoms with Crippen molar-refractivity contribution in [3.8, 4) is 0 Å². The molecule has 2 heterocycles. The monoisotopic (exact) mass is 274 g/mol. The molecule has 0 bridgehead atoms. The first-order chi connectivity index (χ1) is 9.74. The van der Waals surface area contributed by atoms with Crippen molar-refractivity contribution < 1.29 is 4.79 Å². The van der Waals surface area contributed by atoms with Gasteiger partial charge in [-0.1, -0.05) is 0 Å². The third kappa shape index (κ3) is 3.08. The highest BCUT2D eigenvalue weighted by atomic mass is 16.2. The van der Waals surface area contributed by atoms with Gasteiger partial charge in [0.05, 0.1) is 0 Å². The maximum Gasteiger partial charge on any atom is 0.225 e. The smallest absolute Gasteiger partial charge is 0.225 e. The Bertz CT molecular complexity index is 452. The number of hydrogen-bond acceptors (Lipinski definition) is 4. The summed E-state index contributed by atoms with van der Waals surface area (Å²) in [5.41, 5.74) is 0. The van der Waals surface area contributed by atoms with E-state index in [-0.39, 0.29) is 0 Å². The quantitative estimate of drug-likeness (QED) is 0.836. The molecule has 3 rings (SSSR count). The lowest BCUT2D eigenvalue weighted by Crippen LogP contribution is -2.40. The zero-order valence-corrected chi connectivity index (χ0v) is 12.0. The molecule has 0 unspecified atom stereocenters. The summed E-state index contributed by atoms with van der Waals surface area (Å²) in [4.78, 5) is 24.7. The second kappa shape index (κ2) is 5.77. The van der Waals surface area contributed by atoms with Crippen LogP contribution in [0, 0.1) is 11.8 Å². The molecule has 0 radical (unpaired) electrons. The lowest BCUT2D eigenvalue weighted by molar-refractivity contribution is -0.131. The molecule has 0 N–H and O–H groups in total. The van der Waals surface area contributed by atoms with Crippen LogP contribution in [0.5, 0.6) is 0 Å². The second-order valence-electron chi connectivity index (χ2n) is 5.97. The highest BCUT2D eigenvalue weighted by molar-refractivity contribution is 5.80. The molecule has 2 fully saturated rings. The maximum absolute atomic E-state index is 12.0. The zero-order chi connectivity index (χ0) is 13.9. The van der Waals surface area contributed by atoms with Gasteiger partial charge >= 0.3 is 0 Å². The van der Waals surface area contributed by atoms with E-state index in [1.165, 1.54) is 0 Å². The fourth-order valence-corrected chi connectivity index (χ4v) is 2.89. The van der Waals surface area contributed by atoms with E-state index in [1.54, 1.807) is 12.4 Å². The fourth-order valence-electron chi connectivity index (χ4n) is 2.89. The molecule has 0 spiro atoms. The van der Waals surface area contributed by atoms with Gasteiger partial charge in [-0.25, -0.2) is 9.97 Å². The Hall–Kier alpha value is -1.65. The number of carbonyl (C=O) groups is 1. The molecule has 0 atom stereocenters. The molecule has 108 valence electrons. The van der Waals surface area contributed by atoms with E-state index in [9.17, 15) is 4.79 Å². The largest absolute Gasteiger partial charge is 0.345 e. The molecule has 2 aliphatic rings. The van der Waals surface area contributed by atoms with Gasteiger partial charge in [-0.05, 0) is 37.7 Å².